The van der Waals surface area contributed by atoms with Gasteiger partial charge in [-0.1, -0.05) is 58.4 Å². The van der Waals surface area contributed by atoms with Crippen LogP contribution in [0.2, 0.25) is 0 Å². The lowest BCUT2D eigenvalue weighted by Gasteiger charge is -2.12. The molecule has 1 heterocycles. The molecule has 1 unspecified atom stereocenters. The summed E-state index contributed by atoms with van der Waals surface area (Å²) < 4.78 is 5.41. The molecule has 0 spiro atoms. The Morgan fingerprint density at radius 2 is 1.90 bits per heavy atom. The Morgan fingerprint density at radius 3 is 2.75 bits per heavy atom. The summed E-state index contributed by atoms with van der Waals surface area (Å²) in [7, 11) is 1.73. The molecule has 2 aromatic carbocycles. The molecule has 1 atom stereocenters. The molecular formula is C17H15BrOS. The molecule has 3 aromatic rings. The molecule has 102 valence electrons. The molecule has 0 aliphatic carbocycles. The van der Waals surface area contributed by atoms with Crippen LogP contribution in [-0.4, -0.2) is 7.11 Å². The minimum atomic E-state index is 0.281. The molecule has 0 aliphatic rings. The highest BCUT2D eigenvalue weighted by molar-refractivity contribution is 9.09. The molecule has 0 radical (unpaired) electrons. The summed E-state index contributed by atoms with van der Waals surface area (Å²) in [6.07, 6.45) is 0.957. The van der Waals surface area contributed by atoms with Crippen LogP contribution in [0.15, 0.2) is 53.9 Å². The zero-order chi connectivity index (χ0) is 13.9. The smallest absolute Gasteiger partial charge is 0.133 e. The standard InChI is InChI=1S/C17H15BrOS/c1-19-16-9-10-20-17(16)15(18)11-13-7-4-6-12-5-2-3-8-14(12)13/h2-10,15H,11H2,1H3. The second-order valence-corrected chi connectivity index (χ2v) is 6.72. The normalized spacial score (nSPS) is 12.5. The Bertz CT molecular complexity index is 714. The van der Waals surface area contributed by atoms with E-state index in [-0.39, 0.29) is 4.83 Å². The second-order valence-electron chi connectivity index (χ2n) is 4.66. The van der Waals surface area contributed by atoms with Crippen molar-refractivity contribution in [3.63, 3.8) is 0 Å². The van der Waals surface area contributed by atoms with E-state index in [0.29, 0.717) is 0 Å². The van der Waals surface area contributed by atoms with Gasteiger partial charge in [-0.05, 0) is 34.2 Å². The molecule has 20 heavy (non-hydrogen) atoms. The number of rotatable bonds is 4. The Kier molecular flexibility index (Phi) is 4.08. The van der Waals surface area contributed by atoms with Crippen molar-refractivity contribution in [2.45, 2.75) is 11.2 Å². The zero-order valence-electron chi connectivity index (χ0n) is 11.2. The van der Waals surface area contributed by atoms with Gasteiger partial charge in [-0.2, -0.15) is 0 Å². The van der Waals surface area contributed by atoms with Gasteiger partial charge in [-0.25, -0.2) is 0 Å². The zero-order valence-corrected chi connectivity index (χ0v) is 13.6. The molecule has 0 saturated heterocycles. The van der Waals surface area contributed by atoms with Gasteiger partial charge >= 0.3 is 0 Å². The Hall–Kier alpha value is -1.32. The van der Waals surface area contributed by atoms with Gasteiger partial charge in [0.15, 0.2) is 0 Å². The fourth-order valence-corrected chi connectivity index (χ4v) is 4.20. The maximum Gasteiger partial charge on any atom is 0.133 e. The number of benzene rings is 2. The van der Waals surface area contributed by atoms with Crippen LogP contribution in [0.1, 0.15) is 15.3 Å². The summed E-state index contributed by atoms with van der Waals surface area (Å²) >= 11 is 5.54. The summed E-state index contributed by atoms with van der Waals surface area (Å²) in [6, 6.07) is 17.1. The molecule has 0 amide bonds. The monoisotopic (exact) mass is 346 g/mol. The van der Waals surface area contributed by atoms with E-state index >= 15 is 0 Å². The Labute approximate surface area is 131 Å². The van der Waals surface area contributed by atoms with Gasteiger partial charge < -0.3 is 4.74 Å². The third-order valence-corrected chi connectivity index (χ3v) is 5.54. The van der Waals surface area contributed by atoms with E-state index in [1.54, 1.807) is 18.4 Å². The van der Waals surface area contributed by atoms with Crippen LogP contribution in [-0.2, 0) is 6.42 Å². The first-order valence-corrected chi connectivity index (χ1v) is 8.31. The van der Waals surface area contributed by atoms with Gasteiger partial charge in [-0.15, -0.1) is 11.3 Å². The van der Waals surface area contributed by atoms with Crippen LogP contribution in [0.4, 0.5) is 0 Å². The summed E-state index contributed by atoms with van der Waals surface area (Å²) in [5.74, 6) is 0.970. The van der Waals surface area contributed by atoms with Crippen LogP contribution in [0.3, 0.4) is 0 Å². The number of fused-ring (bicyclic) bond motifs is 1. The van der Waals surface area contributed by atoms with E-state index in [1.165, 1.54) is 21.2 Å². The highest BCUT2D eigenvalue weighted by atomic mass is 79.9. The van der Waals surface area contributed by atoms with Crippen LogP contribution >= 0.6 is 27.3 Å². The average molecular weight is 347 g/mol. The number of halogens is 1. The Balaban J connectivity index is 1.93. The molecule has 0 saturated carbocycles. The van der Waals surface area contributed by atoms with Crippen LogP contribution in [0.5, 0.6) is 5.75 Å². The molecule has 1 aromatic heterocycles. The van der Waals surface area contributed by atoms with E-state index in [0.717, 1.165) is 12.2 Å². The second kappa shape index (κ2) is 5.98. The van der Waals surface area contributed by atoms with Gasteiger partial charge in [0.1, 0.15) is 5.75 Å². The number of ether oxygens (including phenoxy) is 1. The maximum atomic E-state index is 5.41. The third kappa shape index (κ3) is 2.60. The lowest BCUT2D eigenvalue weighted by atomic mass is 10.0. The van der Waals surface area contributed by atoms with Crippen molar-refractivity contribution in [3.8, 4) is 5.75 Å². The van der Waals surface area contributed by atoms with E-state index in [2.05, 4.69) is 63.8 Å². The number of thiophene rings is 1. The highest BCUT2D eigenvalue weighted by Gasteiger charge is 2.16. The van der Waals surface area contributed by atoms with Gasteiger partial charge in [0.2, 0.25) is 0 Å². The van der Waals surface area contributed by atoms with Crippen molar-refractivity contribution in [3.05, 3.63) is 64.4 Å². The van der Waals surface area contributed by atoms with Crippen LogP contribution < -0.4 is 4.74 Å². The minimum Gasteiger partial charge on any atom is -0.496 e. The largest absolute Gasteiger partial charge is 0.496 e. The first kappa shape index (κ1) is 13.7. The van der Waals surface area contributed by atoms with Crippen molar-refractivity contribution in [1.29, 1.82) is 0 Å². The predicted molar refractivity (Wildman–Crippen MR) is 90.2 cm³/mol. The predicted octanol–water partition coefficient (Wildman–Crippen LogP) is 5.59. The topological polar surface area (TPSA) is 9.23 Å². The lowest BCUT2D eigenvalue weighted by Crippen LogP contribution is -1.96. The SMILES string of the molecule is COc1ccsc1C(Br)Cc1cccc2ccccc12. The van der Waals surface area contributed by atoms with E-state index < -0.39 is 0 Å². The summed E-state index contributed by atoms with van der Waals surface area (Å²) in [5.41, 5.74) is 1.36. The van der Waals surface area contributed by atoms with Gasteiger partial charge in [-0.3, -0.25) is 0 Å². The van der Waals surface area contributed by atoms with Crippen LogP contribution in [0.25, 0.3) is 10.8 Å². The van der Waals surface area contributed by atoms with Crippen LogP contribution in [0, 0.1) is 0 Å². The van der Waals surface area contributed by atoms with Crippen molar-refractivity contribution >= 4 is 38.0 Å². The molecule has 0 N–H and O–H groups in total. The van der Waals surface area contributed by atoms with E-state index in [9.17, 15) is 0 Å². The average Bonchev–Trinajstić information content (AvgIpc) is 2.96. The molecule has 0 fully saturated rings. The first-order valence-electron chi connectivity index (χ1n) is 6.51. The molecular weight excluding hydrogens is 332 g/mol. The molecule has 3 rings (SSSR count). The molecule has 3 heteroatoms. The molecule has 0 bridgehead atoms. The molecule has 0 aliphatic heterocycles. The number of hydrogen-bond donors (Lipinski definition) is 0. The number of methoxy groups -OCH3 is 1. The van der Waals surface area contributed by atoms with Gasteiger partial charge in [0.05, 0.1) is 16.8 Å². The van der Waals surface area contributed by atoms with Crippen molar-refractivity contribution in [2.75, 3.05) is 7.11 Å². The van der Waals surface area contributed by atoms with Gasteiger partial charge in [0.25, 0.3) is 0 Å². The fraction of sp³-hybridized carbons (Fsp3) is 0.176. The Morgan fingerprint density at radius 1 is 1.10 bits per heavy atom. The van der Waals surface area contributed by atoms with Crippen molar-refractivity contribution in [1.82, 2.24) is 0 Å². The maximum absolute atomic E-state index is 5.41. The summed E-state index contributed by atoms with van der Waals surface area (Å²) in [6.45, 7) is 0. The van der Waals surface area contributed by atoms with Crippen molar-refractivity contribution < 1.29 is 4.74 Å². The van der Waals surface area contributed by atoms with E-state index in [4.69, 9.17) is 4.74 Å². The summed E-state index contributed by atoms with van der Waals surface area (Å²) in [5, 5.41) is 4.70. The van der Waals surface area contributed by atoms with Crippen molar-refractivity contribution in [2.24, 2.45) is 0 Å². The van der Waals surface area contributed by atoms with E-state index in [1.807, 2.05) is 6.07 Å². The number of hydrogen-bond acceptors (Lipinski definition) is 2. The highest BCUT2D eigenvalue weighted by Crippen LogP contribution is 2.38. The quantitative estimate of drug-likeness (QED) is 0.559. The van der Waals surface area contributed by atoms with Gasteiger partial charge in [0, 0.05) is 0 Å². The molecule has 1 nitrogen and oxygen atoms in total. The first-order chi connectivity index (χ1) is 9.79. The third-order valence-electron chi connectivity index (χ3n) is 3.44. The fourth-order valence-electron chi connectivity index (χ4n) is 2.46. The number of alkyl halides is 1. The minimum absolute atomic E-state index is 0.281. The lowest BCUT2D eigenvalue weighted by molar-refractivity contribution is 0.412. The summed E-state index contributed by atoms with van der Waals surface area (Å²) in [4.78, 5) is 1.53.